The molecule has 8 nitrogen and oxygen atoms in total. The highest BCUT2D eigenvalue weighted by molar-refractivity contribution is 8.03. The van der Waals surface area contributed by atoms with Crippen molar-refractivity contribution in [3.63, 3.8) is 0 Å². The SMILES string of the molecule is CCOC(=O)C1=C(N)N2C(=O)c3ccccc3SC2=C(C#N)C1c1ccc(OC)c(OC)c1. The van der Waals surface area contributed by atoms with E-state index in [1.165, 1.54) is 30.9 Å². The summed E-state index contributed by atoms with van der Waals surface area (Å²) in [7, 11) is 3.01. The van der Waals surface area contributed by atoms with Crippen LogP contribution in [0.4, 0.5) is 0 Å². The third-order valence-corrected chi connectivity index (χ3v) is 6.58. The molecule has 2 N–H and O–H groups in total. The molecule has 2 aliphatic rings. The Morgan fingerprint density at radius 1 is 1.18 bits per heavy atom. The predicted octanol–water partition coefficient (Wildman–Crippen LogP) is 3.52. The highest BCUT2D eigenvalue weighted by Gasteiger charge is 2.44. The molecular formula is C24H21N3O5S. The van der Waals surface area contributed by atoms with Crippen LogP contribution in [0.15, 0.2) is 69.4 Å². The van der Waals surface area contributed by atoms with Gasteiger partial charge in [0, 0.05) is 4.90 Å². The molecular weight excluding hydrogens is 442 g/mol. The minimum absolute atomic E-state index is 0.0256. The number of hydrogen-bond acceptors (Lipinski definition) is 8. The van der Waals surface area contributed by atoms with E-state index in [2.05, 4.69) is 6.07 Å². The Labute approximate surface area is 195 Å². The van der Waals surface area contributed by atoms with Crippen molar-refractivity contribution >= 4 is 23.6 Å². The van der Waals surface area contributed by atoms with Gasteiger partial charge in [0.05, 0.1) is 49.5 Å². The molecule has 0 bridgehead atoms. The van der Waals surface area contributed by atoms with E-state index in [9.17, 15) is 14.9 Å². The topological polar surface area (TPSA) is 115 Å². The number of rotatable bonds is 5. The first kappa shape index (κ1) is 22.3. The fourth-order valence-corrected chi connectivity index (χ4v) is 5.10. The molecule has 0 saturated heterocycles. The Balaban J connectivity index is 1.99. The number of carbonyl (C=O) groups excluding carboxylic acids is 2. The van der Waals surface area contributed by atoms with Crippen molar-refractivity contribution in [2.24, 2.45) is 5.73 Å². The van der Waals surface area contributed by atoms with Gasteiger partial charge in [-0.1, -0.05) is 30.0 Å². The van der Waals surface area contributed by atoms with E-state index in [4.69, 9.17) is 19.9 Å². The molecule has 0 fully saturated rings. The van der Waals surface area contributed by atoms with E-state index in [0.717, 1.165) is 0 Å². The van der Waals surface area contributed by atoms with E-state index in [1.807, 2.05) is 12.1 Å². The molecule has 1 unspecified atom stereocenters. The van der Waals surface area contributed by atoms with Gasteiger partial charge in [0.1, 0.15) is 10.9 Å². The largest absolute Gasteiger partial charge is 0.493 e. The number of thioether (sulfide) groups is 1. The standard InChI is InChI=1S/C24H21N3O5S/c1-4-32-24(29)20-19(13-9-10-16(30-2)17(11-13)31-3)15(12-25)23-27(21(20)26)22(28)14-7-5-6-8-18(14)33-23/h5-11,19H,4,26H2,1-3H3. The lowest BCUT2D eigenvalue weighted by Gasteiger charge is -2.38. The van der Waals surface area contributed by atoms with Crippen molar-refractivity contribution in [3.05, 3.63) is 75.6 Å². The Hall–Kier alpha value is -3.90. The molecule has 1 atom stereocenters. The molecule has 33 heavy (non-hydrogen) atoms. The normalized spacial score (nSPS) is 17.2. The zero-order chi connectivity index (χ0) is 23.7. The molecule has 1 amide bonds. The summed E-state index contributed by atoms with van der Waals surface area (Å²) in [5, 5.41) is 10.6. The zero-order valence-corrected chi connectivity index (χ0v) is 19.1. The number of nitriles is 1. The van der Waals surface area contributed by atoms with Crippen LogP contribution in [0, 0.1) is 11.3 Å². The number of hydrogen-bond donors (Lipinski definition) is 1. The smallest absolute Gasteiger partial charge is 0.338 e. The van der Waals surface area contributed by atoms with Gasteiger partial charge >= 0.3 is 5.97 Å². The molecule has 2 aromatic rings. The Bertz CT molecular complexity index is 1260. The van der Waals surface area contributed by atoms with Crippen LogP contribution in [-0.2, 0) is 9.53 Å². The molecule has 0 saturated carbocycles. The molecule has 2 aromatic carbocycles. The monoisotopic (exact) mass is 463 g/mol. The maximum atomic E-state index is 13.3. The van der Waals surface area contributed by atoms with Crippen molar-refractivity contribution < 1.29 is 23.8 Å². The summed E-state index contributed by atoms with van der Waals surface area (Å²) in [4.78, 5) is 28.3. The fourth-order valence-electron chi connectivity index (χ4n) is 3.93. The van der Waals surface area contributed by atoms with Crippen molar-refractivity contribution in [2.75, 3.05) is 20.8 Å². The van der Waals surface area contributed by atoms with E-state index in [1.54, 1.807) is 37.3 Å². The highest BCUT2D eigenvalue weighted by Crippen LogP contribution is 2.50. The maximum Gasteiger partial charge on any atom is 0.338 e. The number of fused-ring (bicyclic) bond motifs is 2. The molecule has 168 valence electrons. The molecule has 0 aromatic heterocycles. The average Bonchev–Trinajstić information content (AvgIpc) is 2.83. The number of benzene rings is 2. The molecule has 2 heterocycles. The van der Waals surface area contributed by atoms with Crippen molar-refractivity contribution in [1.29, 1.82) is 5.26 Å². The number of methoxy groups -OCH3 is 2. The van der Waals surface area contributed by atoms with Gasteiger partial charge in [0.25, 0.3) is 5.91 Å². The van der Waals surface area contributed by atoms with Crippen LogP contribution in [0.1, 0.15) is 28.8 Å². The molecule has 0 radical (unpaired) electrons. The average molecular weight is 464 g/mol. The summed E-state index contributed by atoms with van der Waals surface area (Å²) in [5.41, 5.74) is 7.72. The Morgan fingerprint density at radius 3 is 2.58 bits per heavy atom. The lowest BCUT2D eigenvalue weighted by molar-refractivity contribution is -0.138. The third kappa shape index (κ3) is 3.58. The van der Waals surface area contributed by atoms with Gasteiger partial charge in [-0.2, -0.15) is 5.26 Å². The molecule has 4 rings (SSSR count). The molecule has 9 heteroatoms. The minimum Gasteiger partial charge on any atom is -0.493 e. The van der Waals surface area contributed by atoms with E-state index < -0.39 is 17.8 Å². The quantitative estimate of drug-likeness (QED) is 0.670. The van der Waals surface area contributed by atoms with E-state index in [-0.39, 0.29) is 23.6 Å². The highest BCUT2D eigenvalue weighted by atomic mass is 32.2. The molecule has 2 aliphatic heterocycles. The number of ether oxygens (including phenoxy) is 3. The van der Waals surface area contributed by atoms with Crippen molar-refractivity contribution in [2.45, 2.75) is 17.7 Å². The summed E-state index contributed by atoms with van der Waals surface area (Å²) in [6.45, 7) is 1.78. The second-order valence-electron chi connectivity index (χ2n) is 7.14. The van der Waals surface area contributed by atoms with Crippen LogP contribution in [0.2, 0.25) is 0 Å². The van der Waals surface area contributed by atoms with Gasteiger partial charge < -0.3 is 19.9 Å². The summed E-state index contributed by atoms with van der Waals surface area (Å²) in [6.07, 6.45) is 0. The second kappa shape index (κ2) is 8.92. The number of allylic oxidation sites excluding steroid dienone is 1. The van der Waals surface area contributed by atoms with Crippen molar-refractivity contribution in [3.8, 4) is 17.6 Å². The van der Waals surface area contributed by atoms with E-state index >= 15 is 0 Å². The zero-order valence-electron chi connectivity index (χ0n) is 18.2. The van der Waals surface area contributed by atoms with Crippen LogP contribution < -0.4 is 15.2 Å². The number of carbonyl (C=O) groups is 2. The fraction of sp³-hybridized carbons (Fsp3) is 0.208. The second-order valence-corrected chi connectivity index (χ2v) is 8.17. The Kier molecular flexibility index (Phi) is 6.03. The summed E-state index contributed by atoms with van der Waals surface area (Å²) < 4.78 is 16.0. The van der Waals surface area contributed by atoms with Gasteiger partial charge in [-0.25, -0.2) is 4.79 Å². The lowest BCUT2D eigenvalue weighted by atomic mass is 9.82. The van der Waals surface area contributed by atoms with Crippen LogP contribution in [0.5, 0.6) is 11.5 Å². The molecule has 0 spiro atoms. The first-order valence-corrected chi connectivity index (χ1v) is 10.9. The number of nitrogens with zero attached hydrogens (tertiary/aromatic N) is 2. The van der Waals surface area contributed by atoms with E-state index in [0.29, 0.717) is 32.6 Å². The number of esters is 1. The maximum absolute atomic E-state index is 13.3. The minimum atomic E-state index is -0.856. The predicted molar refractivity (Wildman–Crippen MR) is 121 cm³/mol. The van der Waals surface area contributed by atoms with Gasteiger partial charge in [-0.05, 0) is 36.8 Å². The van der Waals surface area contributed by atoms with Gasteiger partial charge in [-0.3, -0.25) is 9.69 Å². The third-order valence-electron chi connectivity index (χ3n) is 5.41. The van der Waals surface area contributed by atoms with Crippen molar-refractivity contribution in [1.82, 2.24) is 4.90 Å². The first-order chi connectivity index (χ1) is 16.0. The summed E-state index contributed by atoms with van der Waals surface area (Å²) in [5.74, 6) is -1.09. The van der Waals surface area contributed by atoms with Crippen LogP contribution in [0.25, 0.3) is 0 Å². The first-order valence-electron chi connectivity index (χ1n) is 10.1. The Morgan fingerprint density at radius 2 is 1.91 bits per heavy atom. The lowest BCUT2D eigenvalue weighted by Crippen LogP contribution is -2.42. The van der Waals surface area contributed by atoms with Crippen LogP contribution >= 0.6 is 11.8 Å². The number of nitrogens with two attached hydrogens (primary N) is 1. The van der Waals surface area contributed by atoms with Gasteiger partial charge in [0.2, 0.25) is 0 Å². The molecule has 0 aliphatic carbocycles. The summed E-state index contributed by atoms with van der Waals surface area (Å²) in [6, 6.07) is 14.4. The van der Waals surface area contributed by atoms with Gasteiger partial charge in [-0.15, -0.1) is 0 Å². The van der Waals surface area contributed by atoms with Crippen LogP contribution in [0.3, 0.4) is 0 Å². The van der Waals surface area contributed by atoms with Gasteiger partial charge in [0.15, 0.2) is 11.5 Å². The summed E-state index contributed by atoms with van der Waals surface area (Å²) >= 11 is 1.26. The van der Waals surface area contributed by atoms with Crippen LogP contribution in [-0.4, -0.2) is 37.6 Å². The number of amides is 1.